The molecule has 0 fully saturated rings. The molecule has 13 heteroatoms. The number of carbonyl (C=O) groups is 5. The maximum Gasteiger partial charge on any atom is 0.258 e. The smallest absolute Gasteiger partial charge is 0.258 e. The van der Waals surface area contributed by atoms with Gasteiger partial charge in [0.15, 0.2) is 12.9 Å². The van der Waals surface area contributed by atoms with Crippen LogP contribution in [-0.2, 0) is 28.6 Å². The summed E-state index contributed by atoms with van der Waals surface area (Å²) >= 11 is 0. The number of hydrogen-bond donors (Lipinski definition) is 3. The van der Waals surface area contributed by atoms with Crippen molar-refractivity contribution in [3.8, 4) is 5.75 Å². The van der Waals surface area contributed by atoms with Crippen LogP contribution >= 0.6 is 0 Å². The fraction of sp³-hybridized carbons (Fsp3) is 0.593. The lowest BCUT2D eigenvalue weighted by atomic mass is 10.0. The van der Waals surface area contributed by atoms with Crippen molar-refractivity contribution in [3.05, 3.63) is 29.3 Å². The quantitative estimate of drug-likeness (QED) is 0.138. The van der Waals surface area contributed by atoms with Gasteiger partial charge in [0.2, 0.25) is 5.91 Å². The van der Waals surface area contributed by atoms with Crippen molar-refractivity contribution in [2.24, 2.45) is 0 Å². The minimum atomic E-state index is -0.910. The van der Waals surface area contributed by atoms with Crippen LogP contribution in [0.25, 0.3) is 0 Å². The molecule has 0 aliphatic heterocycles. The van der Waals surface area contributed by atoms with Crippen molar-refractivity contribution in [2.75, 3.05) is 73.5 Å². The highest BCUT2D eigenvalue weighted by Gasteiger charge is 2.28. The first-order valence-corrected chi connectivity index (χ1v) is 13.1. The van der Waals surface area contributed by atoms with Crippen molar-refractivity contribution in [3.63, 3.8) is 0 Å². The molecule has 0 bridgehead atoms. The number of likely N-dealkylation sites (N-methyl/N-ethyl adjacent to an activating group) is 2. The number of rotatable bonds is 21. The lowest BCUT2D eigenvalue weighted by molar-refractivity contribution is -0.125. The van der Waals surface area contributed by atoms with E-state index in [2.05, 4.69) is 10.6 Å². The summed E-state index contributed by atoms with van der Waals surface area (Å²) < 4.78 is 21.2. The molecule has 0 aliphatic carbocycles. The molecule has 3 amide bonds. The highest BCUT2D eigenvalue weighted by atomic mass is 16.5. The average Bonchev–Trinajstić information content (AvgIpc) is 2.98. The molecular weight excluding hydrogens is 526 g/mol. The van der Waals surface area contributed by atoms with Crippen LogP contribution in [0.3, 0.4) is 0 Å². The van der Waals surface area contributed by atoms with E-state index < -0.39 is 30.4 Å². The van der Waals surface area contributed by atoms with Crippen LogP contribution in [0.4, 0.5) is 0 Å². The largest absolute Gasteiger partial charge is 0.483 e. The van der Waals surface area contributed by atoms with Crippen LogP contribution in [0.1, 0.15) is 47.4 Å². The Hall–Kier alpha value is -3.39. The Morgan fingerprint density at radius 1 is 1.00 bits per heavy atom. The Bertz CT molecular complexity index is 897. The first-order valence-electron chi connectivity index (χ1n) is 13.1. The van der Waals surface area contributed by atoms with E-state index in [1.165, 1.54) is 32.3 Å². The number of amides is 3. The van der Waals surface area contributed by atoms with Gasteiger partial charge in [-0.15, -0.1) is 0 Å². The number of benzene rings is 1. The normalized spacial score (nSPS) is 10.9. The van der Waals surface area contributed by atoms with Gasteiger partial charge in [-0.25, -0.2) is 0 Å². The predicted molar refractivity (Wildman–Crippen MR) is 146 cm³/mol. The highest BCUT2D eigenvalue weighted by Crippen LogP contribution is 2.23. The van der Waals surface area contributed by atoms with E-state index in [9.17, 15) is 24.0 Å². The Morgan fingerprint density at radius 3 is 2.20 bits per heavy atom. The van der Waals surface area contributed by atoms with Gasteiger partial charge in [0, 0.05) is 27.1 Å². The molecule has 0 aromatic heterocycles. The summed E-state index contributed by atoms with van der Waals surface area (Å²) in [5.74, 6) is -1.47. The molecule has 0 saturated heterocycles. The average molecular weight is 570 g/mol. The molecule has 13 nitrogen and oxygen atoms in total. The molecule has 1 rings (SSSR count). The van der Waals surface area contributed by atoms with Crippen LogP contribution < -0.4 is 15.4 Å². The molecular formula is C27H43N3O10. The van der Waals surface area contributed by atoms with Crippen LogP contribution in [-0.4, -0.2) is 120 Å². The molecule has 226 valence electrons. The van der Waals surface area contributed by atoms with Gasteiger partial charge in [-0.2, -0.15) is 0 Å². The molecule has 0 heterocycles. The molecule has 0 saturated carbocycles. The van der Waals surface area contributed by atoms with E-state index >= 15 is 0 Å². The molecule has 3 N–H and O–H groups in total. The second-order valence-electron chi connectivity index (χ2n) is 7.82. The zero-order chi connectivity index (χ0) is 30.2. The Labute approximate surface area is 235 Å². The summed E-state index contributed by atoms with van der Waals surface area (Å²) in [7, 11) is 2.83. The topological polar surface area (TPSA) is 170 Å². The minimum absolute atomic E-state index is 0.00371. The molecule has 0 aliphatic rings. The van der Waals surface area contributed by atoms with Gasteiger partial charge in [-0.3, -0.25) is 19.2 Å². The van der Waals surface area contributed by atoms with Crippen LogP contribution in [0, 0.1) is 0 Å². The highest BCUT2D eigenvalue weighted by molar-refractivity contribution is 6.04. The third kappa shape index (κ3) is 14.1. The number of aldehydes is 2. The van der Waals surface area contributed by atoms with Crippen LogP contribution in [0.15, 0.2) is 18.2 Å². The van der Waals surface area contributed by atoms with E-state index in [-0.39, 0.29) is 56.1 Å². The van der Waals surface area contributed by atoms with Crippen molar-refractivity contribution in [2.45, 2.75) is 32.7 Å². The summed E-state index contributed by atoms with van der Waals surface area (Å²) in [6.07, 6.45) is 1.30. The second-order valence-corrected chi connectivity index (χ2v) is 7.82. The fourth-order valence-corrected chi connectivity index (χ4v) is 3.27. The van der Waals surface area contributed by atoms with Gasteiger partial charge in [-0.1, -0.05) is 19.9 Å². The first-order chi connectivity index (χ1) is 19.4. The molecule has 0 radical (unpaired) electrons. The van der Waals surface area contributed by atoms with Gasteiger partial charge in [0.25, 0.3) is 11.8 Å². The lowest BCUT2D eigenvalue weighted by Gasteiger charge is -2.27. The fourth-order valence-electron chi connectivity index (χ4n) is 3.27. The SMILES string of the molecule is CC.CNC(=O)C(CCC=O)N(C)C(=O)c1cccc(OCC(=O)NCCOCCOCCOCCO)c1C=O. The Balaban J connectivity index is 0.00000742. The number of ether oxygens (including phenoxy) is 4. The predicted octanol–water partition coefficient (Wildman–Crippen LogP) is 0.228. The van der Waals surface area contributed by atoms with E-state index in [0.717, 1.165) is 4.90 Å². The zero-order valence-corrected chi connectivity index (χ0v) is 23.8. The van der Waals surface area contributed by atoms with Gasteiger partial charge in [0.1, 0.15) is 18.1 Å². The number of aliphatic hydroxyl groups is 1. The minimum Gasteiger partial charge on any atom is -0.483 e. The van der Waals surface area contributed by atoms with Crippen molar-refractivity contribution >= 4 is 30.3 Å². The summed E-state index contributed by atoms with van der Waals surface area (Å²) in [5.41, 5.74) is -0.0655. The van der Waals surface area contributed by atoms with Gasteiger partial charge in [-0.05, 0) is 18.6 Å². The number of carbonyl (C=O) groups excluding carboxylic acids is 5. The zero-order valence-electron chi connectivity index (χ0n) is 23.8. The van der Waals surface area contributed by atoms with E-state index in [0.29, 0.717) is 39.0 Å². The summed E-state index contributed by atoms with van der Waals surface area (Å²) in [4.78, 5) is 61.2. The monoisotopic (exact) mass is 569 g/mol. The van der Waals surface area contributed by atoms with E-state index in [1.807, 2.05) is 13.8 Å². The summed E-state index contributed by atoms with van der Waals surface area (Å²) in [6, 6.07) is 3.46. The molecule has 40 heavy (non-hydrogen) atoms. The third-order valence-electron chi connectivity index (χ3n) is 5.22. The molecule has 1 aromatic rings. The molecule has 0 spiro atoms. The van der Waals surface area contributed by atoms with Crippen molar-refractivity contribution < 1.29 is 48.0 Å². The maximum atomic E-state index is 13.1. The Kier molecular flexibility index (Phi) is 21.5. The number of hydrogen-bond acceptors (Lipinski definition) is 10. The van der Waals surface area contributed by atoms with E-state index in [4.69, 9.17) is 24.1 Å². The number of aliphatic hydroxyl groups excluding tert-OH is 1. The first kappa shape index (κ1) is 36.6. The number of nitrogens with zero attached hydrogens (tertiary/aromatic N) is 1. The second kappa shape index (κ2) is 23.5. The number of nitrogens with one attached hydrogen (secondary N) is 2. The van der Waals surface area contributed by atoms with Gasteiger partial charge < -0.3 is 44.4 Å². The van der Waals surface area contributed by atoms with Crippen molar-refractivity contribution in [1.29, 1.82) is 0 Å². The maximum absolute atomic E-state index is 13.1. The lowest BCUT2D eigenvalue weighted by Crippen LogP contribution is -2.47. The standard InChI is InChI=1S/C25H37N3O10.C2H6/c1-26-24(33)21(6-4-9-29)28(2)25(34)19-5-3-7-22(20(19)17-31)38-18-23(32)27-8-11-35-13-15-37-16-14-36-12-10-30;1-2/h3,5,7,9,17,21,30H,4,6,8,10-16,18H2,1-2H3,(H,26,33)(H,27,32);1-2H3. The van der Waals surface area contributed by atoms with Gasteiger partial charge in [0.05, 0.1) is 57.4 Å². The van der Waals surface area contributed by atoms with Gasteiger partial charge >= 0.3 is 0 Å². The molecule has 1 atom stereocenters. The van der Waals surface area contributed by atoms with Crippen LogP contribution in [0.5, 0.6) is 5.75 Å². The molecule has 1 aromatic carbocycles. The van der Waals surface area contributed by atoms with E-state index in [1.54, 1.807) is 0 Å². The summed E-state index contributed by atoms with van der Waals surface area (Å²) in [6.45, 7) is 5.78. The Morgan fingerprint density at radius 2 is 1.62 bits per heavy atom. The van der Waals surface area contributed by atoms with Crippen LogP contribution in [0.2, 0.25) is 0 Å². The summed E-state index contributed by atoms with van der Waals surface area (Å²) in [5, 5.41) is 13.7. The third-order valence-corrected chi connectivity index (χ3v) is 5.22. The molecule has 1 unspecified atom stereocenters. The van der Waals surface area contributed by atoms with Crippen molar-refractivity contribution in [1.82, 2.24) is 15.5 Å².